The molecular weight excluding hydrogens is 330 g/mol. The molecule has 0 saturated carbocycles. The van der Waals surface area contributed by atoms with Crippen LogP contribution in [0.15, 0.2) is 35.1 Å². The van der Waals surface area contributed by atoms with Gasteiger partial charge < -0.3 is 10.1 Å². The zero-order valence-electron chi connectivity index (χ0n) is 12.8. The zero-order valence-corrected chi connectivity index (χ0v) is 14.4. The van der Waals surface area contributed by atoms with Gasteiger partial charge in [0.1, 0.15) is 5.75 Å². The number of hydrogen-bond acceptors (Lipinski definition) is 4. The minimum Gasteiger partial charge on any atom is -0.496 e. The Morgan fingerprint density at radius 3 is 2.38 bits per heavy atom. The van der Waals surface area contributed by atoms with Crippen LogP contribution in [0.25, 0.3) is 11.4 Å². The van der Waals surface area contributed by atoms with Crippen molar-refractivity contribution in [3.63, 3.8) is 0 Å². The van der Waals surface area contributed by atoms with E-state index in [-0.39, 0.29) is 5.54 Å². The summed E-state index contributed by atoms with van der Waals surface area (Å²) in [5.41, 5.74) is 2.11. The molecule has 0 radical (unpaired) electrons. The molecule has 1 N–H and O–H groups in total. The summed E-state index contributed by atoms with van der Waals surface area (Å²) < 4.78 is 6.12. The number of aromatic nitrogens is 2. The first kappa shape index (κ1) is 15.9. The van der Waals surface area contributed by atoms with Crippen LogP contribution in [-0.2, 0) is 6.54 Å². The zero-order chi connectivity index (χ0) is 15.5. The quantitative estimate of drug-likeness (QED) is 0.911. The molecule has 0 atom stereocenters. The molecule has 5 heteroatoms. The Hall–Kier alpha value is -1.46. The molecular formula is C16H20BrN3O. The van der Waals surface area contributed by atoms with Crippen LogP contribution >= 0.6 is 15.9 Å². The van der Waals surface area contributed by atoms with Crippen LogP contribution in [0.5, 0.6) is 5.75 Å². The van der Waals surface area contributed by atoms with Crippen molar-refractivity contribution in [3.05, 3.63) is 40.6 Å². The smallest absolute Gasteiger partial charge is 0.159 e. The Bertz CT molecular complexity index is 606. The highest BCUT2D eigenvalue weighted by Crippen LogP contribution is 2.28. The second-order valence-corrected chi connectivity index (χ2v) is 6.72. The topological polar surface area (TPSA) is 47.0 Å². The van der Waals surface area contributed by atoms with E-state index in [1.54, 1.807) is 7.11 Å². The van der Waals surface area contributed by atoms with E-state index < -0.39 is 0 Å². The summed E-state index contributed by atoms with van der Waals surface area (Å²) >= 11 is 3.48. The molecule has 112 valence electrons. The predicted octanol–water partition coefficient (Wildman–Crippen LogP) is 3.80. The lowest BCUT2D eigenvalue weighted by Crippen LogP contribution is -2.35. The number of halogens is 1. The van der Waals surface area contributed by atoms with Crippen molar-refractivity contribution in [1.82, 2.24) is 15.3 Å². The van der Waals surface area contributed by atoms with Crippen molar-refractivity contribution < 1.29 is 4.74 Å². The molecule has 4 nitrogen and oxygen atoms in total. The maximum atomic E-state index is 5.22. The monoisotopic (exact) mass is 349 g/mol. The normalized spacial score (nSPS) is 11.5. The Balaban J connectivity index is 2.13. The molecule has 2 rings (SSSR count). The van der Waals surface area contributed by atoms with Gasteiger partial charge in [0, 0.05) is 35.6 Å². The Morgan fingerprint density at radius 1 is 1.19 bits per heavy atom. The average Bonchev–Trinajstić information content (AvgIpc) is 2.45. The van der Waals surface area contributed by atoms with Gasteiger partial charge in [-0.25, -0.2) is 9.97 Å². The average molecular weight is 350 g/mol. The van der Waals surface area contributed by atoms with Crippen LogP contribution < -0.4 is 10.1 Å². The van der Waals surface area contributed by atoms with Crippen molar-refractivity contribution in [2.45, 2.75) is 32.9 Å². The minimum atomic E-state index is 0.0829. The van der Waals surface area contributed by atoms with E-state index in [1.165, 1.54) is 0 Å². The Labute approximate surface area is 134 Å². The fourth-order valence-electron chi connectivity index (χ4n) is 1.77. The van der Waals surface area contributed by atoms with Gasteiger partial charge in [0.2, 0.25) is 0 Å². The lowest BCUT2D eigenvalue weighted by molar-refractivity contribution is 0.412. The second kappa shape index (κ2) is 6.54. The second-order valence-electron chi connectivity index (χ2n) is 5.87. The third-order valence-electron chi connectivity index (χ3n) is 2.94. The van der Waals surface area contributed by atoms with Gasteiger partial charge in [-0.1, -0.05) is 0 Å². The third-order valence-corrected chi connectivity index (χ3v) is 3.56. The van der Waals surface area contributed by atoms with Crippen LogP contribution in [-0.4, -0.2) is 22.6 Å². The van der Waals surface area contributed by atoms with Crippen LogP contribution in [0.4, 0.5) is 0 Å². The van der Waals surface area contributed by atoms with E-state index in [4.69, 9.17) is 4.74 Å². The molecule has 0 bridgehead atoms. The molecule has 0 fully saturated rings. The van der Waals surface area contributed by atoms with E-state index in [9.17, 15) is 0 Å². The van der Waals surface area contributed by atoms with E-state index in [1.807, 2.05) is 30.6 Å². The van der Waals surface area contributed by atoms with Crippen LogP contribution in [0.1, 0.15) is 26.3 Å². The summed E-state index contributed by atoms with van der Waals surface area (Å²) in [4.78, 5) is 8.87. The molecule has 0 spiro atoms. The molecule has 1 aromatic carbocycles. The first-order valence-corrected chi connectivity index (χ1v) is 7.58. The molecule has 0 aliphatic rings. The van der Waals surface area contributed by atoms with Gasteiger partial charge >= 0.3 is 0 Å². The summed E-state index contributed by atoms with van der Waals surface area (Å²) in [6, 6.07) is 5.81. The highest BCUT2D eigenvalue weighted by atomic mass is 79.9. The SMILES string of the molecule is COc1ccc(-c2ncc(CNC(C)(C)C)cn2)cc1Br. The van der Waals surface area contributed by atoms with Gasteiger partial charge in [0.25, 0.3) is 0 Å². The summed E-state index contributed by atoms with van der Waals surface area (Å²) in [6.07, 6.45) is 3.72. The fourth-order valence-corrected chi connectivity index (χ4v) is 2.31. The van der Waals surface area contributed by atoms with Gasteiger partial charge in [-0.05, 0) is 54.9 Å². The number of nitrogens with one attached hydrogen (secondary N) is 1. The van der Waals surface area contributed by atoms with Gasteiger partial charge in [0.05, 0.1) is 11.6 Å². The highest BCUT2D eigenvalue weighted by molar-refractivity contribution is 9.10. The van der Waals surface area contributed by atoms with Crippen LogP contribution in [0.3, 0.4) is 0 Å². The molecule has 0 aliphatic heterocycles. The predicted molar refractivity (Wildman–Crippen MR) is 88.3 cm³/mol. The molecule has 0 amide bonds. The summed E-state index contributed by atoms with van der Waals surface area (Å²) in [5, 5.41) is 3.42. The molecule has 1 aromatic heterocycles. The number of benzene rings is 1. The summed E-state index contributed by atoms with van der Waals surface area (Å²) in [7, 11) is 1.65. The van der Waals surface area contributed by atoms with Gasteiger partial charge in [-0.3, -0.25) is 0 Å². The molecule has 0 saturated heterocycles. The van der Waals surface area contributed by atoms with Gasteiger partial charge in [0.15, 0.2) is 5.82 Å². The number of methoxy groups -OCH3 is 1. The maximum absolute atomic E-state index is 5.22. The lowest BCUT2D eigenvalue weighted by Gasteiger charge is -2.20. The van der Waals surface area contributed by atoms with E-state index in [0.717, 1.165) is 27.9 Å². The number of nitrogens with zero attached hydrogens (tertiary/aromatic N) is 2. The third kappa shape index (κ3) is 4.51. The van der Waals surface area contributed by atoms with E-state index >= 15 is 0 Å². The molecule has 1 heterocycles. The number of hydrogen-bond donors (Lipinski definition) is 1. The number of ether oxygens (including phenoxy) is 1. The van der Waals surface area contributed by atoms with Gasteiger partial charge in [-0.15, -0.1) is 0 Å². The van der Waals surface area contributed by atoms with Crippen molar-refractivity contribution >= 4 is 15.9 Å². The molecule has 21 heavy (non-hydrogen) atoms. The Morgan fingerprint density at radius 2 is 1.86 bits per heavy atom. The molecule has 2 aromatic rings. The van der Waals surface area contributed by atoms with Crippen LogP contribution in [0.2, 0.25) is 0 Å². The summed E-state index contributed by atoms with van der Waals surface area (Å²) in [5.74, 6) is 1.50. The Kier molecular flexibility index (Phi) is 4.96. The molecule has 0 unspecified atom stereocenters. The number of rotatable bonds is 4. The minimum absolute atomic E-state index is 0.0829. The maximum Gasteiger partial charge on any atom is 0.159 e. The largest absolute Gasteiger partial charge is 0.496 e. The van der Waals surface area contributed by atoms with E-state index in [2.05, 4.69) is 52.0 Å². The van der Waals surface area contributed by atoms with Crippen LogP contribution in [0, 0.1) is 0 Å². The van der Waals surface area contributed by atoms with Crippen molar-refractivity contribution in [2.75, 3.05) is 7.11 Å². The van der Waals surface area contributed by atoms with Crippen molar-refractivity contribution in [1.29, 1.82) is 0 Å². The van der Waals surface area contributed by atoms with E-state index in [0.29, 0.717) is 5.82 Å². The highest BCUT2D eigenvalue weighted by Gasteiger charge is 2.09. The molecule has 0 aliphatic carbocycles. The van der Waals surface area contributed by atoms with Crippen molar-refractivity contribution in [2.24, 2.45) is 0 Å². The lowest BCUT2D eigenvalue weighted by atomic mass is 10.1. The first-order valence-electron chi connectivity index (χ1n) is 6.79. The first-order chi connectivity index (χ1) is 9.89. The standard InChI is InChI=1S/C16H20BrN3O/c1-16(2,3)20-10-11-8-18-15(19-9-11)12-5-6-14(21-4)13(17)7-12/h5-9,20H,10H2,1-4H3. The van der Waals surface area contributed by atoms with Gasteiger partial charge in [-0.2, -0.15) is 0 Å². The summed E-state index contributed by atoms with van der Waals surface area (Å²) in [6.45, 7) is 7.17. The fraction of sp³-hybridized carbons (Fsp3) is 0.375. The van der Waals surface area contributed by atoms with Crippen molar-refractivity contribution in [3.8, 4) is 17.1 Å².